The zero-order valence-corrected chi connectivity index (χ0v) is 15.7. The zero-order valence-electron chi connectivity index (χ0n) is 15.7. The molecule has 0 saturated carbocycles. The highest BCUT2D eigenvalue weighted by atomic mass is 16.5. The van der Waals surface area contributed by atoms with Gasteiger partial charge in [0.15, 0.2) is 0 Å². The molecule has 3 heterocycles. The fraction of sp³-hybridized carbons (Fsp3) is 0.571. The molecule has 3 N–H and O–H groups in total. The summed E-state index contributed by atoms with van der Waals surface area (Å²) in [5.74, 6) is 1.08. The average molecular weight is 354 g/mol. The first-order valence-corrected chi connectivity index (χ1v) is 9.87. The number of hydrogen-bond acceptors (Lipinski definition) is 5. The van der Waals surface area contributed by atoms with E-state index in [1.807, 2.05) is 0 Å². The van der Waals surface area contributed by atoms with Crippen LogP contribution in [0.4, 0.5) is 0 Å². The van der Waals surface area contributed by atoms with Gasteiger partial charge in [0.25, 0.3) is 0 Å². The molecular weight excluding hydrogens is 324 g/mol. The number of ether oxygens (including phenoxy) is 1. The smallest absolute Gasteiger partial charge is 0.122 e. The van der Waals surface area contributed by atoms with Crippen LogP contribution in [-0.4, -0.2) is 54.8 Å². The first kappa shape index (κ1) is 17.6. The topological polar surface area (TPSA) is 65.6 Å². The third-order valence-corrected chi connectivity index (χ3v) is 6.39. The number of rotatable bonds is 4. The van der Waals surface area contributed by atoms with E-state index < -0.39 is 0 Å². The van der Waals surface area contributed by atoms with Crippen molar-refractivity contribution in [2.75, 3.05) is 32.8 Å². The number of nitrogens with two attached hydrogens (primary N) is 1. The maximum absolute atomic E-state index is 7.56. The second-order valence-electron chi connectivity index (χ2n) is 7.82. The molecule has 0 radical (unpaired) electrons. The molecule has 5 nitrogen and oxygen atoms in total. The number of nitrogens with one attached hydrogen (secondary N) is 1. The van der Waals surface area contributed by atoms with Crippen molar-refractivity contribution >= 4 is 6.21 Å². The van der Waals surface area contributed by atoms with Gasteiger partial charge in [0, 0.05) is 68.6 Å². The van der Waals surface area contributed by atoms with Gasteiger partial charge >= 0.3 is 0 Å². The van der Waals surface area contributed by atoms with Crippen molar-refractivity contribution in [3.8, 4) is 5.75 Å². The van der Waals surface area contributed by atoms with Gasteiger partial charge in [-0.3, -0.25) is 9.80 Å². The van der Waals surface area contributed by atoms with Gasteiger partial charge in [0.1, 0.15) is 5.75 Å². The fourth-order valence-electron chi connectivity index (χ4n) is 4.57. The van der Waals surface area contributed by atoms with E-state index in [0.717, 1.165) is 62.6 Å². The van der Waals surface area contributed by atoms with Gasteiger partial charge in [0.05, 0.1) is 6.61 Å². The van der Waals surface area contributed by atoms with Gasteiger partial charge in [-0.25, -0.2) is 0 Å². The van der Waals surface area contributed by atoms with Crippen LogP contribution in [0.2, 0.25) is 0 Å². The molecule has 3 aliphatic heterocycles. The molecule has 1 aromatic carbocycles. The van der Waals surface area contributed by atoms with E-state index in [1.165, 1.54) is 30.2 Å². The van der Waals surface area contributed by atoms with Crippen molar-refractivity contribution in [2.45, 2.75) is 44.7 Å². The van der Waals surface area contributed by atoms with Gasteiger partial charge in [-0.1, -0.05) is 12.1 Å². The Hall–Kier alpha value is -1.85. The summed E-state index contributed by atoms with van der Waals surface area (Å²) >= 11 is 0. The molecule has 3 aliphatic rings. The van der Waals surface area contributed by atoms with Crippen molar-refractivity contribution < 1.29 is 4.74 Å². The summed E-state index contributed by atoms with van der Waals surface area (Å²) < 4.78 is 5.74. The predicted molar refractivity (Wildman–Crippen MR) is 105 cm³/mol. The highest BCUT2D eigenvalue weighted by Gasteiger charge is 2.29. The summed E-state index contributed by atoms with van der Waals surface area (Å²) in [7, 11) is 0. The van der Waals surface area contributed by atoms with E-state index in [9.17, 15) is 0 Å². The van der Waals surface area contributed by atoms with Crippen molar-refractivity contribution in [3.63, 3.8) is 0 Å². The van der Waals surface area contributed by atoms with Crippen LogP contribution < -0.4 is 10.5 Å². The SMILES string of the molecule is CC(c1ccc2c(c1)OCC2)N1CCC(N2CCC(N)=C(C=N)C2)CC1. The van der Waals surface area contributed by atoms with Crippen LogP contribution in [-0.2, 0) is 6.42 Å². The van der Waals surface area contributed by atoms with E-state index in [0.29, 0.717) is 12.1 Å². The Balaban J connectivity index is 1.35. The van der Waals surface area contributed by atoms with E-state index in [4.69, 9.17) is 15.9 Å². The average Bonchev–Trinajstić information content (AvgIpc) is 3.16. The number of fused-ring (bicyclic) bond motifs is 1. The molecule has 4 rings (SSSR count). The van der Waals surface area contributed by atoms with Crippen LogP contribution in [0, 0.1) is 5.41 Å². The Bertz CT molecular complexity index is 706. The van der Waals surface area contributed by atoms with Crippen LogP contribution in [0.5, 0.6) is 5.75 Å². The molecule has 0 bridgehead atoms. The minimum Gasteiger partial charge on any atom is -0.493 e. The lowest BCUT2D eigenvalue weighted by molar-refractivity contribution is 0.0913. The molecule has 5 heteroatoms. The van der Waals surface area contributed by atoms with Crippen LogP contribution in [0.3, 0.4) is 0 Å². The molecule has 1 unspecified atom stereocenters. The largest absolute Gasteiger partial charge is 0.493 e. The second kappa shape index (κ2) is 7.41. The molecule has 1 fully saturated rings. The van der Waals surface area contributed by atoms with E-state index in [2.05, 4.69) is 34.9 Å². The monoisotopic (exact) mass is 354 g/mol. The Morgan fingerprint density at radius 3 is 2.81 bits per heavy atom. The molecule has 26 heavy (non-hydrogen) atoms. The first-order chi connectivity index (χ1) is 12.7. The Labute approximate surface area is 156 Å². The molecular formula is C21H30N4O. The number of likely N-dealkylation sites (tertiary alicyclic amines) is 1. The van der Waals surface area contributed by atoms with Crippen molar-refractivity contribution in [2.24, 2.45) is 5.73 Å². The maximum atomic E-state index is 7.56. The third kappa shape index (κ3) is 3.38. The highest BCUT2D eigenvalue weighted by molar-refractivity contribution is 5.77. The number of nitrogens with zero attached hydrogens (tertiary/aromatic N) is 2. The van der Waals surface area contributed by atoms with E-state index >= 15 is 0 Å². The van der Waals surface area contributed by atoms with Crippen molar-refractivity contribution in [1.82, 2.24) is 9.80 Å². The molecule has 0 amide bonds. The van der Waals surface area contributed by atoms with E-state index in [1.54, 1.807) is 0 Å². The number of hydrogen-bond donors (Lipinski definition) is 2. The minimum absolute atomic E-state index is 0.430. The second-order valence-corrected chi connectivity index (χ2v) is 7.82. The minimum atomic E-state index is 0.430. The van der Waals surface area contributed by atoms with Crippen LogP contribution in [0.25, 0.3) is 0 Å². The van der Waals surface area contributed by atoms with Gasteiger partial charge in [-0.15, -0.1) is 0 Å². The molecule has 0 aromatic heterocycles. The van der Waals surface area contributed by atoms with E-state index in [-0.39, 0.29) is 0 Å². The Morgan fingerprint density at radius 2 is 2.04 bits per heavy atom. The summed E-state index contributed by atoms with van der Waals surface area (Å²) in [5.41, 5.74) is 10.6. The normalized spacial score (nSPS) is 23.6. The van der Waals surface area contributed by atoms with Crippen LogP contribution >= 0.6 is 0 Å². The quantitative estimate of drug-likeness (QED) is 0.816. The highest BCUT2D eigenvalue weighted by Crippen LogP contribution is 2.32. The molecule has 1 saturated heterocycles. The number of piperidine rings is 1. The Kier molecular flexibility index (Phi) is 5.00. The third-order valence-electron chi connectivity index (χ3n) is 6.39. The molecule has 0 spiro atoms. The fourth-order valence-corrected chi connectivity index (χ4v) is 4.57. The molecule has 1 aromatic rings. The molecule has 1 atom stereocenters. The van der Waals surface area contributed by atoms with Crippen LogP contribution in [0.1, 0.15) is 43.4 Å². The Morgan fingerprint density at radius 1 is 1.23 bits per heavy atom. The van der Waals surface area contributed by atoms with Gasteiger partial charge in [-0.2, -0.15) is 0 Å². The van der Waals surface area contributed by atoms with Gasteiger partial charge in [0.2, 0.25) is 0 Å². The molecule has 0 aliphatic carbocycles. The number of benzene rings is 1. The van der Waals surface area contributed by atoms with Crippen molar-refractivity contribution in [3.05, 3.63) is 40.6 Å². The molecule has 140 valence electrons. The summed E-state index contributed by atoms with van der Waals surface area (Å²) in [5, 5.41) is 7.56. The lowest BCUT2D eigenvalue weighted by atomic mass is 9.96. The maximum Gasteiger partial charge on any atom is 0.122 e. The lowest BCUT2D eigenvalue weighted by Gasteiger charge is -2.42. The van der Waals surface area contributed by atoms with Gasteiger partial charge in [-0.05, 0) is 37.0 Å². The van der Waals surface area contributed by atoms with Crippen LogP contribution in [0.15, 0.2) is 29.5 Å². The summed E-state index contributed by atoms with van der Waals surface area (Å²) in [4.78, 5) is 5.13. The van der Waals surface area contributed by atoms with Gasteiger partial charge < -0.3 is 15.9 Å². The predicted octanol–water partition coefficient (Wildman–Crippen LogP) is 2.71. The summed E-state index contributed by atoms with van der Waals surface area (Å²) in [6.07, 6.45) is 5.76. The zero-order chi connectivity index (χ0) is 18.1. The summed E-state index contributed by atoms with van der Waals surface area (Å²) in [6.45, 7) is 7.27. The van der Waals surface area contributed by atoms with Crippen molar-refractivity contribution in [1.29, 1.82) is 5.41 Å². The standard InChI is InChI=1S/C21H30N4O/c1-15(17-3-2-16-7-11-26-21(16)12-17)24-8-4-19(5-9-24)25-10-6-20(23)18(13-22)14-25/h2-3,12-13,15,19,22H,4-11,14,23H2,1H3. The summed E-state index contributed by atoms with van der Waals surface area (Å²) in [6, 6.07) is 7.81. The lowest BCUT2D eigenvalue weighted by Crippen LogP contribution is -2.48. The first-order valence-electron chi connectivity index (χ1n) is 9.87.